The summed E-state index contributed by atoms with van der Waals surface area (Å²) in [5, 5.41) is 0.951. The standard InChI is InChI=1S/C9H10Cl2N2/c1-3-5-12-7-13(6-4-2)9(11)8(12)10/h3-4H,1-2,5-6H2. The molecular formula is C9H10Cl2N2. The van der Waals surface area contributed by atoms with E-state index < -0.39 is 0 Å². The summed E-state index contributed by atoms with van der Waals surface area (Å²) in [5.74, 6) is 0. The molecule has 0 radical (unpaired) electrons. The minimum absolute atomic E-state index is 0.475. The summed E-state index contributed by atoms with van der Waals surface area (Å²) in [6.07, 6.45) is 6.44. The van der Waals surface area contributed by atoms with Crippen LogP contribution in [0.4, 0.5) is 0 Å². The van der Waals surface area contributed by atoms with Gasteiger partial charge in [-0.3, -0.25) is 0 Å². The van der Waals surface area contributed by atoms with Gasteiger partial charge < -0.3 is 9.13 Å². The second-order valence-corrected chi connectivity index (χ2v) is 3.20. The van der Waals surface area contributed by atoms with Crippen LogP contribution in [0, 0.1) is 6.33 Å². The lowest BCUT2D eigenvalue weighted by Crippen LogP contribution is -2.32. The molecule has 0 saturated heterocycles. The van der Waals surface area contributed by atoms with Crippen molar-refractivity contribution >= 4 is 23.2 Å². The fraction of sp³-hybridized carbons (Fsp3) is 0.222. The number of imidazole rings is 1. The zero-order chi connectivity index (χ0) is 9.84. The minimum Gasteiger partial charge on any atom is -0.331 e. The third-order valence-corrected chi connectivity index (χ3v) is 2.37. The molecule has 13 heavy (non-hydrogen) atoms. The molecule has 0 aliphatic carbocycles. The Kier molecular flexibility index (Phi) is 3.58. The SMILES string of the molecule is C=CCn1[c-][n+](CC=C)c(Cl)c1Cl. The van der Waals surface area contributed by atoms with E-state index >= 15 is 0 Å². The van der Waals surface area contributed by atoms with Crippen LogP contribution < -0.4 is 4.57 Å². The average molecular weight is 217 g/mol. The number of hydrogen-bond donors (Lipinski definition) is 0. The number of nitrogens with zero attached hydrogens (tertiary/aromatic N) is 2. The third-order valence-electron chi connectivity index (χ3n) is 1.51. The fourth-order valence-electron chi connectivity index (χ4n) is 0.956. The summed E-state index contributed by atoms with van der Waals surface area (Å²) in [4.78, 5) is 0. The van der Waals surface area contributed by atoms with Gasteiger partial charge in [-0.15, -0.1) is 23.2 Å². The van der Waals surface area contributed by atoms with Crippen molar-refractivity contribution in [1.82, 2.24) is 4.57 Å². The molecule has 0 unspecified atom stereocenters. The number of rotatable bonds is 4. The summed E-state index contributed by atoms with van der Waals surface area (Å²) in [6.45, 7) is 8.42. The molecule has 1 heterocycles. The summed E-state index contributed by atoms with van der Waals surface area (Å²) in [7, 11) is 0. The van der Waals surface area contributed by atoms with Gasteiger partial charge in [0.2, 0.25) is 6.33 Å². The highest BCUT2D eigenvalue weighted by atomic mass is 35.5. The molecule has 2 nitrogen and oxygen atoms in total. The Bertz CT molecular complexity index is 298. The van der Waals surface area contributed by atoms with E-state index in [-0.39, 0.29) is 0 Å². The van der Waals surface area contributed by atoms with Gasteiger partial charge in [0.25, 0.3) is 0 Å². The first-order valence-corrected chi connectivity index (χ1v) is 4.54. The van der Waals surface area contributed by atoms with Gasteiger partial charge in [-0.25, -0.2) is 0 Å². The average Bonchev–Trinajstić information content (AvgIpc) is 2.36. The van der Waals surface area contributed by atoms with Crippen molar-refractivity contribution in [3.8, 4) is 0 Å². The highest BCUT2D eigenvalue weighted by Gasteiger charge is 2.06. The molecule has 0 atom stereocenters. The third kappa shape index (κ3) is 2.14. The maximum atomic E-state index is 5.93. The molecule has 1 aromatic rings. The Morgan fingerprint density at radius 3 is 2.62 bits per heavy atom. The Morgan fingerprint density at radius 1 is 1.38 bits per heavy atom. The molecule has 0 aliphatic rings. The maximum Gasteiger partial charge on any atom is 0.206 e. The smallest absolute Gasteiger partial charge is 0.206 e. The Morgan fingerprint density at radius 2 is 2.08 bits per heavy atom. The molecule has 70 valence electrons. The molecular weight excluding hydrogens is 207 g/mol. The van der Waals surface area contributed by atoms with Crippen molar-refractivity contribution in [1.29, 1.82) is 0 Å². The van der Waals surface area contributed by atoms with Crippen LogP contribution in [0.15, 0.2) is 25.3 Å². The van der Waals surface area contributed by atoms with Crippen LogP contribution in [-0.2, 0) is 13.1 Å². The van der Waals surface area contributed by atoms with E-state index in [1.54, 1.807) is 21.3 Å². The summed E-state index contributed by atoms with van der Waals surface area (Å²) >= 11 is 11.9. The molecule has 4 heteroatoms. The molecule has 0 N–H and O–H groups in total. The number of allylic oxidation sites excluding steroid dienone is 2. The van der Waals surface area contributed by atoms with E-state index in [2.05, 4.69) is 19.5 Å². The van der Waals surface area contributed by atoms with Gasteiger partial charge in [-0.1, -0.05) is 25.3 Å². The summed E-state index contributed by atoms with van der Waals surface area (Å²) in [6, 6.07) is 0. The van der Waals surface area contributed by atoms with Crippen LogP contribution in [0.3, 0.4) is 0 Å². The lowest BCUT2D eigenvalue weighted by Gasteiger charge is -1.97. The van der Waals surface area contributed by atoms with Crippen molar-refractivity contribution in [2.45, 2.75) is 13.1 Å². The van der Waals surface area contributed by atoms with E-state index in [1.807, 2.05) is 0 Å². The highest BCUT2D eigenvalue weighted by Crippen LogP contribution is 2.17. The number of hydrogen-bond acceptors (Lipinski definition) is 0. The van der Waals surface area contributed by atoms with Crippen molar-refractivity contribution in [3.05, 3.63) is 41.9 Å². The van der Waals surface area contributed by atoms with Crippen LogP contribution >= 0.6 is 23.2 Å². The second-order valence-electron chi connectivity index (χ2n) is 2.48. The quantitative estimate of drug-likeness (QED) is 0.415. The molecule has 0 aliphatic heterocycles. The van der Waals surface area contributed by atoms with Gasteiger partial charge in [0, 0.05) is 0 Å². The molecule has 0 amide bonds. The van der Waals surface area contributed by atoms with E-state index in [0.717, 1.165) is 0 Å². The van der Waals surface area contributed by atoms with Gasteiger partial charge in [0.1, 0.15) is 0 Å². The molecule has 0 fully saturated rings. The van der Waals surface area contributed by atoms with E-state index in [1.165, 1.54) is 0 Å². The molecule has 0 saturated carbocycles. The topological polar surface area (TPSA) is 8.81 Å². The zero-order valence-electron chi connectivity index (χ0n) is 7.13. The first kappa shape index (κ1) is 10.4. The van der Waals surface area contributed by atoms with E-state index in [0.29, 0.717) is 23.4 Å². The van der Waals surface area contributed by atoms with Crippen LogP contribution in [0.25, 0.3) is 0 Å². The predicted molar refractivity (Wildman–Crippen MR) is 53.9 cm³/mol. The van der Waals surface area contributed by atoms with Crippen LogP contribution in [0.2, 0.25) is 10.3 Å². The fourth-order valence-corrected chi connectivity index (χ4v) is 1.37. The van der Waals surface area contributed by atoms with Gasteiger partial charge in [-0.2, -0.15) is 0 Å². The predicted octanol–water partition coefficient (Wildman–Crippen LogP) is 2.25. The molecule has 0 aromatic carbocycles. The van der Waals surface area contributed by atoms with E-state index in [9.17, 15) is 0 Å². The highest BCUT2D eigenvalue weighted by molar-refractivity contribution is 6.39. The molecule has 0 bridgehead atoms. The minimum atomic E-state index is 0.475. The lowest BCUT2D eigenvalue weighted by molar-refractivity contribution is -0.688. The molecule has 0 spiro atoms. The van der Waals surface area contributed by atoms with Gasteiger partial charge in [0.15, 0.2) is 0 Å². The first-order chi connectivity index (χ1) is 6.20. The van der Waals surface area contributed by atoms with Gasteiger partial charge in [-0.05, 0) is 0 Å². The van der Waals surface area contributed by atoms with Crippen molar-refractivity contribution in [3.63, 3.8) is 0 Å². The normalized spacial score (nSPS) is 10.0. The van der Waals surface area contributed by atoms with Crippen molar-refractivity contribution < 1.29 is 4.57 Å². The second kappa shape index (κ2) is 4.49. The van der Waals surface area contributed by atoms with Crippen molar-refractivity contribution in [2.24, 2.45) is 0 Å². The summed E-state index contributed by atoms with van der Waals surface area (Å²) < 4.78 is 3.39. The van der Waals surface area contributed by atoms with Crippen LogP contribution in [-0.4, -0.2) is 4.57 Å². The number of halogens is 2. The molecule has 1 rings (SSSR count). The van der Waals surface area contributed by atoms with Gasteiger partial charge >= 0.3 is 0 Å². The zero-order valence-corrected chi connectivity index (χ0v) is 8.65. The van der Waals surface area contributed by atoms with Crippen LogP contribution in [0.5, 0.6) is 0 Å². The Labute approximate surface area is 87.7 Å². The Hall–Kier alpha value is -0.730. The van der Waals surface area contributed by atoms with Crippen LogP contribution in [0.1, 0.15) is 0 Å². The lowest BCUT2D eigenvalue weighted by atomic mass is 10.6. The van der Waals surface area contributed by atoms with Crippen molar-refractivity contribution in [2.75, 3.05) is 0 Å². The maximum absolute atomic E-state index is 5.93. The Balaban J connectivity index is 3.03. The monoisotopic (exact) mass is 216 g/mol. The summed E-state index contributed by atoms with van der Waals surface area (Å²) in [5.41, 5.74) is 0. The van der Waals surface area contributed by atoms with Gasteiger partial charge in [0.05, 0.1) is 23.4 Å². The largest absolute Gasteiger partial charge is 0.331 e. The number of aromatic nitrogens is 2. The van der Waals surface area contributed by atoms with E-state index in [4.69, 9.17) is 23.2 Å². The molecule has 1 aromatic heterocycles. The first-order valence-electron chi connectivity index (χ1n) is 3.79.